The Bertz CT molecular complexity index is 595. The van der Waals surface area contributed by atoms with E-state index in [1.54, 1.807) is 11.3 Å². The Morgan fingerprint density at radius 2 is 2.19 bits per heavy atom. The molecule has 3 rings (SSSR count). The molecular formula is C17H24N2OS. The molecule has 114 valence electrons. The number of hydrogen-bond donors (Lipinski definition) is 1. The maximum Gasteiger partial charge on any atom is 0.184 e. The predicted octanol–water partition coefficient (Wildman–Crippen LogP) is 5.08. The van der Waals surface area contributed by atoms with Crippen LogP contribution in [0.15, 0.2) is 18.2 Å². The van der Waals surface area contributed by atoms with Crippen molar-refractivity contribution in [2.24, 2.45) is 5.92 Å². The Hall–Kier alpha value is -1.29. The number of nitrogens with one attached hydrogen (secondary N) is 1. The van der Waals surface area contributed by atoms with Gasteiger partial charge in [0.25, 0.3) is 0 Å². The minimum Gasteiger partial charge on any atom is -0.494 e. The lowest BCUT2D eigenvalue weighted by atomic mass is 10.0. The van der Waals surface area contributed by atoms with E-state index in [1.807, 2.05) is 13.0 Å². The van der Waals surface area contributed by atoms with E-state index in [-0.39, 0.29) is 0 Å². The quantitative estimate of drug-likeness (QED) is 0.800. The molecule has 1 saturated carbocycles. The van der Waals surface area contributed by atoms with E-state index < -0.39 is 0 Å². The fourth-order valence-electron chi connectivity index (χ4n) is 3.03. The summed E-state index contributed by atoms with van der Waals surface area (Å²) in [5.41, 5.74) is 1.06. The van der Waals surface area contributed by atoms with Crippen LogP contribution < -0.4 is 10.1 Å². The molecule has 0 amide bonds. The highest BCUT2D eigenvalue weighted by Crippen LogP contribution is 2.31. The van der Waals surface area contributed by atoms with E-state index in [1.165, 1.54) is 36.8 Å². The SMILES string of the molecule is CCOc1ccc2nc(NC3CCCC(C)CC3)sc2c1. The van der Waals surface area contributed by atoms with Crippen LogP contribution in [0.25, 0.3) is 10.2 Å². The summed E-state index contributed by atoms with van der Waals surface area (Å²) < 4.78 is 6.76. The molecule has 1 aliphatic carbocycles. The summed E-state index contributed by atoms with van der Waals surface area (Å²) in [4.78, 5) is 4.71. The minimum atomic E-state index is 0.585. The Labute approximate surface area is 130 Å². The summed E-state index contributed by atoms with van der Waals surface area (Å²) in [7, 11) is 0. The number of rotatable bonds is 4. The number of aromatic nitrogens is 1. The van der Waals surface area contributed by atoms with E-state index >= 15 is 0 Å². The van der Waals surface area contributed by atoms with E-state index in [0.29, 0.717) is 12.6 Å². The molecule has 2 atom stereocenters. The molecule has 0 spiro atoms. The van der Waals surface area contributed by atoms with Crippen LogP contribution in [0.4, 0.5) is 5.13 Å². The fourth-order valence-corrected chi connectivity index (χ4v) is 4.00. The normalized spacial score (nSPS) is 23.0. The molecule has 21 heavy (non-hydrogen) atoms. The molecular weight excluding hydrogens is 280 g/mol. The maximum atomic E-state index is 5.56. The van der Waals surface area contributed by atoms with Crippen molar-refractivity contribution in [3.05, 3.63) is 18.2 Å². The van der Waals surface area contributed by atoms with E-state index in [4.69, 9.17) is 9.72 Å². The summed E-state index contributed by atoms with van der Waals surface area (Å²) in [5.74, 6) is 1.81. The molecule has 1 aromatic carbocycles. The van der Waals surface area contributed by atoms with Gasteiger partial charge in [-0.2, -0.15) is 0 Å². The molecule has 0 aliphatic heterocycles. The van der Waals surface area contributed by atoms with Crippen molar-refractivity contribution < 1.29 is 4.74 Å². The van der Waals surface area contributed by atoms with Crippen molar-refractivity contribution in [3.8, 4) is 5.75 Å². The number of anilines is 1. The lowest BCUT2D eigenvalue weighted by Gasteiger charge is -2.15. The number of benzene rings is 1. The first-order valence-corrected chi connectivity index (χ1v) is 8.86. The molecule has 1 fully saturated rings. The number of nitrogens with zero attached hydrogens (tertiary/aromatic N) is 1. The molecule has 3 nitrogen and oxygen atoms in total. The van der Waals surface area contributed by atoms with Gasteiger partial charge in [0.15, 0.2) is 5.13 Å². The smallest absolute Gasteiger partial charge is 0.184 e. The number of thiazole rings is 1. The van der Waals surface area contributed by atoms with Crippen LogP contribution in [0.1, 0.15) is 46.0 Å². The predicted molar refractivity (Wildman–Crippen MR) is 90.4 cm³/mol. The van der Waals surface area contributed by atoms with E-state index in [0.717, 1.165) is 22.3 Å². The van der Waals surface area contributed by atoms with E-state index in [2.05, 4.69) is 24.4 Å². The highest BCUT2D eigenvalue weighted by molar-refractivity contribution is 7.22. The monoisotopic (exact) mass is 304 g/mol. The van der Waals surface area contributed by atoms with Gasteiger partial charge in [-0.05, 0) is 50.3 Å². The van der Waals surface area contributed by atoms with Crippen LogP contribution in [0.2, 0.25) is 0 Å². The summed E-state index contributed by atoms with van der Waals surface area (Å²) in [5, 5.41) is 4.70. The summed E-state index contributed by atoms with van der Waals surface area (Å²) >= 11 is 1.74. The lowest BCUT2D eigenvalue weighted by Crippen LogP contribution is -2.18. The van der Waals surface area contributed by atoms with Crippen LogP contribution in [0.3, 0.4) is 0 Å². The van der Waals surface area contributed by atoms with Crippen molar-refractivity contribution in [3.63, 3.8) is 0 Å². The van der Waals surface area contributed by atoms with Gasteiger partial charge < -0.3 is 10.1 Å². The van der Waals surface area contributed by atoms with Gasteiger partial charge in [-0.1, -0.05) is 31.1 Å². The molecule has 4 heteroatoms. The molecule has 2 aromatic rings. The number of fused-ring (bicyclic) bond motifs is 1. The first kappa shape index (κ1) is 14.6. The van der Waals surface area contributed by atoms with Gasteiger partial charge in [0.2, 0.25) is 0 Å². The third-order valence-electron chi connectivity index (χ3n) is 4.26. The van der Waals surface area contributed by atoms with Gasteiger partial charge in [-0.15, -0.1) is 0 Å². The molecule has 1 heterocycles. The second-order valence-electron chi connectivity index (χ2n) is 6.04. The highest BCUT2D eigenvalue weighted by Gasteiger charge is 2.17. The topological polar surface area (TPSA) is 34.1 Å². The zero-order valence-electron chi connectivity index (χ0n) is 12.9. The second kappa shape index (κ2) is 6.65. The zero-order chi connectivity index (χ0) is 14.7. The van der Waals surface area contributed by atoms with Crippen LogP contribution in [-0.4, -0.2) is 17.6 Å². The van der Waals surface area contributed by atoms with Crippen LogP contribution in [0, 0.1) is 5.92 Å². The lowest BCUT2D eigenvalue weighted by molar-refractivity contribution is 0.341. The molecule has 0 radical (unpaired) electrons. The Balaban J connectivity index is 1.71. The van der Waals surface area contributed by atoms with Crippen molar-refractivity contribution in [1.82, 2.24) is 4.98 Å². The first-order chi connectivity index (χ1) is 10.2. The van der Waals surface area contributed by atoms with Gasteiger partial charge in [0.1, 0.15) is 5.75 Å². The average molecular weight is 304 g/mol. The third kappa shape index (κ3) is 3.67. The van der Waals surface area contributed by atoms with Gasteiger partial charge >= 0.3 is 0 Å². The zero-order valence-corrected chi connectivity index (χ0v) is 13.7. The van der Waals surface area contributed by atoms with Crippen molar-refractivity contribution in [2.75, 3.05) is 11.9 Å². The standard InChI is InChI=1S/C17H24N2OS/c1-3-20-14-9-10-15-16(11-14)21-17(19-15)18-13-6-4-5-12(2)7-8-13/h9-13H,3-8H2,1-2H3,(H,18,19). The van der Waals surface area contributed by atoms with E-state index in [9.17, 15) is 0 Å². The fraction of sp³-hybridized carbons (Fsp3) is 0.588. The molecule has 1 N–H and O–H groups in total. The summed E-state index contributed by atoms with van der Waals surface area (Å²) in [6.07, 6.45) is 6.57. The minimum absolute atomic E-state index is 0.585. The average Bonchev–Trinajstić information content (AvgIpc) is 2.75. The van der Waals surface area contributed by atoms with Gasteiger partial charge in [-0.25, -0.2) is 4.98 Å². The van der Waals surface area contributed by atoms with Crippen molar-refractivity contribution in [2.45, 2.75) is 52.0 Å². The molecule has 1 aliphatic rings. The van der Waals surface area contributed by atoms with Gasteiger partial charge in [0.05, 0.1) is 16.8 Å². The van der Waals surface area contributed by atoms with Crippen molar-refractivity contribution in [1.29, 1.82) is 0 Å². The van der Waals surface area contributed by atoms with Crippen LogP contribution in [-0.2, 0) is 0 Å². The molecule has 0 saturated heterocycles. The molecule has 1 aromatic heterocycles. The maximum absolute atomic E-state index is 5.56. The Kier molecular flexibility index (Phi) is 4.63. The molecule has 2 unspecified atom stereocenters. The summed E-state index contributed by atoms with van der Waals surface area (Å²) in [6, 6.07) is 6.73. The van der Waals surface area contributed by atoms with Crippen LogP contribution >= 0.6 is 11.3 Å². The Morgan fingerprint density at radius 1 is 1.29 bits per heavy atom. The van der Waals surface area contributed by atoms with Crippen molar-refractivity contribution >= 4 is 26.7 Å². The van der Waals surface area contributed by atoms with Crippen LogP contribution in [0.5, 0.6) is 5.75 Å². The Morgan fingerprint density at radius 3 is 3.05 bits per heavy atom. The highest BCUT2D eigenvalue weighted by atomic mass is 32.1. The first-order valence-electron chi connectivity index (χ1n) is 8.04. The number of ether oxygens (including phenoxy) is 1. The third-order valence-corrected chi connectivity index (χ3v) is 5.21. The molecule has 0 bridgehead atoms. The number of hydrogen-bond acceptors (Lipinski definition) is 4. The second-order valence-corrected chi connectivity index (χ2v) is 7.07. The van der Waals surface area contributed by atoms with Gasteiger partial charge in [0, 0.05) is 6.04 Å². The largest absolute Gasteiger partial charge is 0.494 e. The van der Waals surface area contributed by atoms with Gasteiger partial charge in [-0.3, -0.25) is 0 Å². The summed E-state index contributed by atoms with van der Waals surface area (Å²) in [6.45, 7) is 5.09.